The van der Waals surface area contributed by atoms with Crippen molar-refractivity contribution in [1.29, 1.82) is 0 Å². The van der Waals surface area contributed by atoms with E-state index < -0.39 is 26.4 Å². The molecule has 0 spiro atoms. The Balaban J connectivity index is 2.59. The minimum atomic E-state index is -3.95. The van der Waals surface area contributed by atoms with Gasteiger partial charge in [0.15, 0.2) is 23.1 Å². The highest BCUT2D eigenvalue weighted by atomic mass is 35.7. The average Bonchev–Trinajstić information content (AvgIpc) is 2.58. The Hall–Kier alpha value is -1.21. The molecule has 1 aromatic carbocycles. The summed E-state index contributed by atoms with van der Waals surface area (Å²) in [6, 6.07) is 1.02. The van der Waals surface area contributed by atoms with Gasteiger partial charge in [-0.25, -0.2) is 12.8 Å². The summed E-state index contributed by atoms with van der Waals surface area (Å²) >= 11 is 0. The van der Waals surface area contributed by atoms with Crippen LogP contribution in [0.25, 0.3) is 0 Å². The van der Waals surface area contributed by atoms with E-state index in [1.165, 1.54) is 0 Å². The molecule has 0 amide bonds. The van der Waals surface area contributed by atoms with Crippen molar-refractivity contribution in [3.63, 3.8) is 0 Å². The fraction of sp³-hybridized carbons (Fsp3) is 0.250. The molecule has 0 saturated carbocycles. The summed E-state index contributed by atoms with van der Waals surface area (Å²) in [5.41, 5.74) is -0.331. The van der Waals surface area contributed by atoms with Gasteiger partial charge in [-0.2, -0.15) is 0 Å². The standard InChI is InChI=1S/C8H6ClFO5S/c9-16(12,13)2-4-7(10)5(11)1-6-8(4)15-3-14-6/h1,11H,2-3H2. The van der Waals surface area contributed by atoms with Crippen LogP contribution in [0.3, 0.4) is 0 Å². The van der Waals surface area contributed by atoms with E-state index in [1.54, 1.807) is 0 Å². The van der Waals surface area contributed by atoms with E-state index in [4.69, 9.17) is 20.2 Å². The highest BCUT2D eigenvalue weighted by Gasteiger charge is 2.27. The third kappa shape index (κ3) is 2.00. The quantitative estimate of drug-likeness (QED) is 0.819. The summed E-state index contributed by atoms with van der Waals surface area (Å²) in [5.74, 6) is -2.51. The molecule has 0 aliphatic carbocycles. The number of phenols is 1. The largest absolute Gasteiger partial charge is 0.505 e. The maximum absolute atomic E-state index is 13.5. The minimum Gasteiger partial charge on any atom is -0.505 e. The maximum atomic E-state index is 13.5. The van der Waals surface area contributed by atoms with Crippen molar-refractivity contribution < 1.29 is 27.4 Å². The molecule has 0 saturated heterocycles. The molecule has 1 aliphatic rings. The second-order valence-corrected chi connectivity index (χ2v) is 5.88. The number of benzene rings is 1. The summed E-state index contributed by atoms with van der Waals surface area (Å²) in [6.45, 7) is -0.159. The van der Waals surface area contributed by atoms with Crippen molar-refractivity contribution in [2.75, 3.05) is 6.79 Å². The molecule has 1 N–H and O–H groups in total. The molecule has 5 nitrogen and oxygen atoms in total. The monoisotopic (exact) mass is 268 g/mol. The van der Waals surface area contributed by atoms with Crippen LogP contribution in [-0.4, -0.2) is 20.3 Å². The molecule has 0 unspecified atom stereocenters. The van der Waals surface area contributed by atoms with Gasteiger partial charge in [0.2, 0.25) is 15.8 Å². The van der Waals surface area contributed by atoms with E-state index in [-0.39, 0.29) is 23.9 Å². The van der Waals surface area contributed by atoms with Crippen molar-refractivity contribution in [2.24, 2.45) is 0 Å². The van der Waals surface area contributed by atoms with Crippen molar-refractivity contribution in [3.8, 4) is 17.2 Å². The number of aromatic hydroxyl groups is 1. The highest BCUT2D eigenvalue weighted by molar-refractivity contribution is 8.13. The Morgan fingerprint density at radius 1 is 1.50 bits per heavy atom. The summed E-state index contributed by atoms with van der Waals surface area (Å²) in [7, 11) is 1.07. The average molecular weight is 269 g/mol. The lowest BCUT2D eigenvalue weighted by molar-refractivity contribution is 0.173. The van der Waals surface area contributed by atoms with Gasteiger partial charge in [0, 0.05) is 16.7 Å². The molecule has 0 aromatic heterocycles. The lowest BCUT2D eigenvalue weighted by Gasteiger charge is -2.06. The third-order valence-corrected chi connectivity index (χ3v) is 2.95. The molecule has 0 bridgehead atoms. The predicted molar refractivity (Wildman–Crippen MR) is 52.7 cm³/mol. The first kappa shape index (κ1) is 11.3. The summed E-state index contributed by atoms with van der Waals surface area (Å²) < 4.78 is 45.1. The Bertz CT molecular complexity index is 542. The number of phenolic OH excluding ortho intramolecular Hbond substituents is 1. The second-order valence-electron chi connectivity index (χ2n) is 3.11. The Labute approximate surface area is 94.8 Å². The molecule has 1 aromatic rings. The maximum Gasteiger partial charge on any atom is 0.237 e. The van der Waals surface area contributed by atoms with Crippen molar-refractivity contribution in [1.82, 2.24) is 0 Å². The normalized spacial score (nSPS) is 14.1. The van der Waals surface area contributed by atoms with Gasteiger partial charge in [0.25, 0.3) is 0 Å². The molecule has 1 heterocycles. The molecular weight excluding hydrogens is 263 g/mol. The van der Waals surface area contributed by atoms with E-state index in [9.17, 15) is 17.9 Å². The van der Waals surface area contributed by atoms with Crippen LogP contribution in [0.1, 0.15) is 5.56 Å². The summed E-state index contributed by atoms with van der Waals surface area (Å²) in [4.78, 5) is 0. The molecule has 2 rings (SSSR count). The molecule has 0 atom stereocenters. The van der Waals surface area contributed by atoms with Crippen LogP contribution in [0.5, 0.6) is 17.2 Å². The summed E-state index contributed by atoms with van der Waals surface area (Å²) in [6.07, 6.45) is 0. The van der Waals surface area contributed by atoms with Gasteiger partial charge in [-0.1, -0.05) is 0 Å². The SMILES string of the molecule is O=S(=O)(Cl)Cc1c(F)c(O)cc2c1OCO2. The van der Waals surface area contributed by atoms with E-state index in [1.807, 2.05) is 0 Å². The first-order valence-electron chi connectivity index (χ1n) is 4.11. The Kier molecular flexibility index (Phi) is 2.59. The lowest BCUT2D eigenvalue weighted by Crippen LogP contribution is -2.01. The van der Waals surface area contributed by atoms with E-state index >= 15 is 0 Å². The molecule has 1 aliphatic heterocycles. The van der Waals surface area contributed by atoms with Crippen LogP contribution in [0.15, 0.2) is 6.07 Å². The zero-order chi connectivity index (χ0) is 11.9. The fourth-order valence-corrected chi connectivity index (χ4v) is 2.30. The van der Waals surface area contributed by atoms with Crippen LogP contribution >= 0.6 is 10.7 Å². The van der Waals surface area contributed by atoms with E-state index in [0.29, 0.717) is 0 Å². The molecule has 8 heteroatoms. The predicted octanol–water partition coefficient (Wildman–Crippen LogP) is 1.33. The number of fused-ring (bicyclic) bond motifs is 1. The van der Waals surface area contributed by atoms with Gasteiger partial charge >= 0.3 is 0 Å². The van der Waals surface area contributed by atoms with Gasteiger partial charge in [-0.05, 0) is 0 Å². The molecular formula is C8H6ClFO5S. The molecule has 0 fully saturated rings. The van der Waals surface area contributed by atoms with Crippen LogP contribution in [-0.2, 0) is 14.8 Å². The number of hydrogen-bond acceptors (Lipinski definition) is 5. The Morgan fingerprint density at radius 3 is 2.81 bits per heavy atom. The van der Waals surface area contributed by atoms with Crippen molar-refractivity contribution in [3.05, 3.63) is 17.4 Å². The van der Waals surface area contributed by atoms with Crippen LogP contribution in [0.2, 0.25) is 0 Å². The van der Waals surface area contributed by atoms with Gasteiger partial charge < -0.3 is 14.6 Å². The van der Waals surface area contributed by atoms with Crippen molar-refractivity contribution in [2.45, 2.75) is 5.75 Å². The minimum absolute atomic E-state index is 0.0421. The van der Waals surface area contributed by atoms with Crippen LogP contribution in [0, 0.1) is 5.82 Å². The second kappa shape index (κ2) is 3.67. The van der Waals surface area contributed by atoms with Gasteiger partial charge in [0.1, 0.15) is 0 Å². The fourth-order valence-electron chi connectivity index (χ4n) is 1.37. The smallest absolute Gasteiger partial charge is 0.237 e. The molecule has 0 radical (unpaired) electrons. The van der Waals surface area contributed by atoms with E-state index in [2.05, 4.69) is 0 Å². The van der Waals surface area contributed by atoms with E-state index in [0.717, 1.165) is 6.07 Å². The van der Waals surface area contributed by atoms with Gasteiger partial charge in [-0.3, -0.25) is 0 Å². The molecule has 16 heavy (non-hydrogen) atoms. The first-order valence-corrected chi connectivity index (χ1v) is 6.58. The van der Waals surface area contributed by atoms with Crippen LogP contribution < -0.4 is 9.47 Å². The first-order chi connectivity index (χ1) is 7.38. The number of ether oxygens (including phenoxy) is 2. The van der Waals surface area contributed by atoms with Crippen LogP contribution in [0.4, 0.5) is 4.39 Å². The number of hydrogen-bond donors (Lipinski definition) is 1. The topological polar surface area (TPSA) is 72.8 Å². The van der Waals surface area contributed by atoms with Crippen molar-refractivity contribution >= 4 is 19.7 Å². The van der Waals surface area contributed by atoms with Gasteiger partial charge in [-0.15, -0.1) is 0 Å². The third-order valence-electron chi connectivity index (χ3n) is 1.99. The zero-order valence-electron chi connectivity index (χ0n) is 7.74. The number of rotatable bonds is 2. The summed E-state index contributed by atoms with van der Waals surface area (Å²) in [5, 5.41) is 9.21. The molecule has 88 valence electrons. The number of halogens is 2. The highest BCUT2D eigenvalue weighted by Crippen LogP contribution is 2.42. The van der Waals surface area contributed by atoms with Gasteiger partial charge in [0.05, 0.1) is 11.3 Å². The Morgan fingerprint density at radius 2 is 2.19 bits per heavy atom. The lowest BCUT2D eigenvalue weighted by atomic mass is 10.2. The zero-order valence-corrected chi connectivity index (χ0v) is 9.31.